The highest BCUT2D eigenvalue weighted by atomic mass is 32.2. The molecule has 0 aromatic carbocycles. The lowest BCUT2D eigenvalue weighted by Crippen LogP contribution is -2.05. The molecule has 0 amide bonds. The van der Waals surface area contributed by atoms with Crippen LogP contribution in [0.3, 0.4) is 0 Å². The van der Waals surface area contributed by atoms with E-state index in [1.165, 1.54) is 17.8 Å². The van der Waals surface area contributed by atoms with E-state index in [0.717, 1.165) is 12.3 Å². The minimum atomic E-state index is -4.37. The summed E-state index contributed by atoms with van der Waals surface area (Å²) in [6.07, 6.45) is -1.98. The predicted octanol–water partition coefficient (Wildman–Crippen LogP) is 3.47. The molecule has 0 aliphatic heterocycles. The van der Waals surface area contributed by atoms with Crippen LogP contribution in [0.4, 0.5) is 19.1 Å². The van der Waals surface area contributed by atoms with Gasteiger partial charge < -0.3 is 5.32 Å². The van der Waals surface area contributed by atoms with Crippen LogP contribution in [0.25, 0.3) is 0 Å². The molecule has 2 aromatic heterocycles. The highest BCUT2D eigenvalue weighted by Crippen LogP contribution is 2.31. The molecule has 0 spiro atoms. The van der Waals surface area contributed by atoms with Crippen LogP contribution in [0.15, 0.2) is 40.6 Å². The topological polar surface area (TPSA) is 50.7 Å². The molecule has 0 atom stereocenters. The quantitative estimate of drug-likeness (QED) is 0.876. The van der Waals surface area contributed by atoms with Crippen LogP contribution in [0.1, 0.15) is 12.5 Å². The van der Waals surface area contributed by atoms with E-state index in [0.29, 0.717) is 22.5 Å². The molecule has 0 aliphatic carbocycles. The van der Waals surface area contributed by atoms with Gasteiger partial charge in [0.1, 0.15) is 10.1 Å². The summed E-state index contributed by atoms with van der Waals surface area (Å²) in [5.74, 6) is 0.476. The van der Waals surface area contributed by atoms with Gasteiger partial charge in [-0.3, -0.25) is 0 Å². The van der Waals surface area contributed by atoms with E-state index in [2.05, 4.69) is 20.3 Å². The molecular weight excluding hydrogens is 289 g/mol. The SMILES string of the molecule is CCNc1nccc(Sc2ccc(C(F)(F)F)cn2)n1. The smallest absolute Gasteiger partial charge is 0.354 e. The summed E-state index contributed by atoms with van der Waals surface area (Å²) in [5, 5.41) is 4.02. The number of pyridine rings is 1. The van der Waals surface area contributed by atoms with Gasteiger partial charge >= 0.3 is 6.18 Å². The van der Waals surface area contributed by atoms with Gasteiger partial charge in [-0.2, -0.15) is 13.2 Å². The Morgan fingerprint density at radius 3 is 2.55 bits per heavy atom. The molecule has 0 saturated carbocycles. The molecule has 0 unspecified atom stereocenters. The summed E-state index contributed by atoms with van der Waals surface area (Å²) in [4.78, 5) is 12.0. The van der Waals surface area contributed by atoms with Crippen molar-refractivity contribution in [2.45, 2.75) is 23.2 Å². The van der Waals surface area contributed by atoms with Crippen molar-refractivity contribution in [3.8, 4) is 0 Å². The van der Waals surface area contributed by atoms with Gasteiger partial charge in [0, 0.05) is 18.9 Å². The third-order valence-corrected chi connectivity index (χ3v) is 3.12. The summed E-state index contributed by atoms with van der Waals surface area (Å²) < 4.78 is 37.2. The molecule has 2 aromatic rings. The molecule has 0 fully saturated rings. The van der Waals surface area contributed by atoms with E-state index in [9.17, 15) is 13.2 Å². The molecule has 0 radical (unpaired) electrons. The summed E-state index contributed by atoms with van der Waals surface area (Å²) in [6.45, 7) is 2.60. The van der Waals surface area contributed by atoms with Crippen molar-refractivity contribution in [3.05, 3.63) is 36.2 Å². The molecule has 1 N–H and O–H groups in total. The van der Waals surface area contributed by atoms with Crippen LogP contribution in [0.5, 0.6) is 0 Å². The first-order valence-electron chi connectivity index (χ1n) is 5.77. The number of rotatable bonds is 4. The summed E-state index contributed by atoms with van der Waals surface area (Å²) in [7, 11) is 0. The standard InChI is InChI=1S/C12H11F3N4S/c1-2-16-11-17-6-5-10(19-11)20-9-4-3-8(7-18-9)12(13,14)15/h3-7H,2H2,1H3,(H,16,17,19). The molecule has 0 bridgehead atoms. The number of halogens is 3. The highest BCUT2D eigenvalue weighted by Gasteiger charge is 2.30. The fourth-order valence-electron chi connectivity index (χ4n) is 1.36. The fraction of sp³-hybridized carbons (Fsp3) is 0.250. The number of alkyl halides is 3. The van der Waals surface area contributed by atoms with Crippen LogP contribution in [0.2, 0.25) is 0 Å². The van der Waals surface area contributed by atoms with Crippen LogP contribution >= 0.6 is 11.8 Å². The molecule has 106 valence electrons. The molecule has 0 saturated heterocycles. The maximum Gasteiger partial charge on any atom is 0.417 e. The maximum atomic E-state index is 12.4. The van der Waals surface area contributed by atoms with Gasteiger partial charge in [-0.15, -0.1) is 0 Å². The first-order chi connectivity index (χ1) is 9.49. The van der Waals surface area contributed by atoms with Crippen molar-refractivity contribution in [2.75, 3.05) is 11.9 Å². The van der Waals surface area contributed by atoms with E-state index in [1.807, 2.05) is 6.92 Å². The Labute approximate surface area is 117 Å². The Morgan fingerprint density at radius 1 is 1.15 bits per heavy atom. The Balaban J connectivity index is 2.12. The van der Waals surface area contributed by atoms with Crippen molar-refractivity contribution in [2.24, 2.45) is 0 Å². The molecule has 8 heteroatoms. The van der Waals surface area contributed by atoms with E-state index in [-0.39, 0.29) is 0 Å². The molecule has 2 rings (SSSR count). The zero-order chi connectivity index (χ0) is 14.6. The number of aromatic nitrogens is 3. The van der Waals surface area contributed by atoms with Crippen molar-refractivity contribution in [1.82, 2.24) is 15.0 Å². The van der Waals surface area contributed by atoms with Crippen LogP contribution in [0, 0.1) is 0 Å². The van der Waals surface area contributed by atoms with Gasteiger partial charge in [0.25, 0.3) is 0 Å². The van der Waals surface area contributed by atoms with Crippen LogP contribution in [-0.4, -0.2) is 21.5 Å². The van der Waals surface area contributed by atoms with Crippen molar-refractivity contribution in [1.29, 1.82) is 0 Å². The Kier molecular flexibility index (Phi) is 4.43. The number of hydrogen-bond acceptors (Lipinski definition) is 5. The molecule has 0 aliphatic rings. The van der Waals surface area contributed by atoms with Crippen LogP contribution in [-0.2, 0) is 6.18 Å². The first kappa shape index (κ1) is 14.6. The van der Waals surface area contributed by atoms with E-state index >= 15 is 0 Å². The van der Waals surface area contributed by atoms with Gasteiger partial charge in [0.2, 0.25) is 5.95 Å². The number of nitrogens with zero attached hydrogens (tertiary/aromatic N) is 3. The van der Waals surface area contributed by atoms with Crippen molar-refractivity contribution >= 4 is 17.7 Å². The van der Waals surface area contributed by atoms with E-state index in [1.54, 1.807) is 12.3 Å². The van der Waals surface area contributed by atoms with Gasteiger partial charge in [-0.25, -0.2) is 15.0 Å². The van der Waals surface area contributed by atoms with Gasteiger partial charge in [0.15, 0.2) is 0 Å². The third-order valence-electron chi connectivity index (χ3n) is 2.24. The second kappa shape index (κ2) is 6.08. The maximum absolute atomic E-state index is 12.4. The molecule has 20 heavy (non-hydrogen) atoms. The minimum absolute atomic E-state index is 0.444. The molecule has 4 nitrogen and oxygen atoms in total. The second-order valence-corrected chi connectivity index (χ2v) is 4.77. The number of nitrogens with one attached hydrogen (secondary N) is 1. The normalized spacial score (nSPS) is 11.4. The average Bonchev–Trinajstić information content (AvgIpc) is 2.39. The summed E-state index contributed by atoms with van der Waals surface area (Å²) in [6, 6.07) is 4.00. The molecule has 2 heterocycles. The molecular formula is C12H11F3N4S. The Morgan fingerprint density at radius 2 is 1.95 bits per heavy atom. The first-order valence-corrected chi connectivity index (χ1v) is 6.58. The Hall–Kier alpha value is -1.83. The second-order valence-electron chi connectivity index (χ2n) is 3.73. The lowest BCUT2D eigenvalue weighted by Gasteiger charge is -2.07. The Bertz CT molecular complexity index is 572. The fourth-order valence-corrected chi connectivity index (χ4v) is 2.07. The van der Waals surface area contributed by atoms with Gasteiger partial charge in [-0.05, 0) is 36.9 Å². The number of anilines is 1. The number of hydrogen-bond donors (Lipinski definition) is 1. The lowest BCUT2D eigenvalue weighted by atomic mass is 10.3. The minimum Gasteiger partial charge on any atom is -0.354 e. The van der Waals surface area contributed by atoms with Gasteiger partial charge in [-0.1, -0.05) is 0 Å². The zero-order valence-corrected chi connectivity index (χ0v) is 11.3. The zero-order valence-electron chi connectivity index (χ0n) is 10.5. The average molecular weight is 300 g/mol. The predicted molar refractivity (Wildman–Crippen MR) is 69.6 cm³/mol. The van der Waals surface area contributed by atoms with E-state index < -0.39 is 11.7 Å². The lowest BCUT2D eigenvalue weighted by molar-refractivity contribution is -0.137. The third kappa shape index (κ3) is 3.83. The van der Waals surface area contributed by atoms with Crippen molar-refractivity contribution in [3.63, 3.8) is 0 Å². The van der Waals surface area contributed by atoms with Crippen molar-refractivity contribution < 1.29 is 13.2 Å². The monoisotopic (exact) mass is 300 g/mol. The van der Waals surface area contributed by atoms with Crippen LogP contribution < -0.4 is 5.32 Å². The summed E-state index contributed by atoms with van der Waals surface area (Å²) >= 11 is 1.18. The summed E-state index contributed by atoms with van der Waals surface area (Å²) in [5.41, 5.74) is -0.766. The van der Waals surface area contributed by atoms with E-state index in [4.69, 9.17) is 0 Å². The highest BCUT2D eigenvalue weighted by molar-refractivity contribution is 7.99. The largest absolute Gasteiger partial charge is 0.417 e. The van der Waals surface area contributed by atoms with Gasteiger partial charge in [0.05, 0.1) is 5.56 Å².